The molecule has 0 aliphatic heterocycles. The molecule has 0 aliphatic rings. The van der Waals surface area contributed by atoms with Gasteiger partial charge in [0.05, 0.1) is 11.4 Å². The van der Waals surface area contributed by atoms with Gasteiger partial charge in [0.25, 0.3) is 5.91 Å². The second kappa shape index (κ2) is 5.35. The van der Waals surface area contributed by atoms with Crippen LogP contribution in [0.1, 0.15) is 16.9 Å². The Bertz CT molecular complexity index is 456. The molecule has 1 aromatic heterocycles. The van der Waals surface area contributed by atoms with Crippen molar-refractivity contribution in [1.29, 1.82) is 0 Å². The van der Waals surface area contributed by atoms with E-state index in [2.05, 4.69) is 10.3 Å². The molecule has 92 valence electrons. The summed E-state index contributed by atoms with van der Waals surface area (Å²) < 4.78 is 0. The van der Waals surface area contributed by atoms with Crippen LogP contribution in [0.5, 0.6) is 0 Å². The minimum atomic E-state index is -1.48. The van der Waals surface area contributed by atoms with Crippen LogP contribution in [-0.2, 0) is 9.59 Å². The van der Waals surface area contributed by atoms with Crippen molar-refractivity contribution in [2.75, 3.05) is 0 Å². The van der Waals surface area contributed by atoms with Gasteiger partial charge in [-0.15, -0.1) is 0 Å². The van der Waals surface area contributed by atoms with Crippen LogP contribution >= 0.6 is 11.6 Å². The fourth-order valence-electron chi connectivity index (χ4n) is 1.11. The second-order valence-electron chi connectivity index (χ2n) is 3.19. The molecule has 0 bridgehead atoms. The molecule has 7 nitrogen and oxygen atoms in total. The highest BCUT2D eigenvalue weighted by atomic mass is 35.5. The van der Waals surface area contributed by atoms with E-state index in [0.29, 0.717) is 5.02 Å². The van der Waals surface area contributed by atoms with Crippen LogP contribution < -0.4 is 5.32 Å². The van der Waals surface area contributed by atoms with Crippen molar-refractivity contribution in [2.45, 2.75) is 12.5 Å². The van der Waals surface area contributed by atoms with Crippen LogP contribution in [0.25, 0.3) is 0 Å². The number of hydrogen-bond acceptors (Lipinski definition) is 3. The van der Waals surface area contributed by atoms with Crippen LogP contribution in [0.3, 0.4) is 0 Å². The Morgan fingerprint density at radius 1 is 1.41 bits per heavy atom. The van der Waals surface area contributed by atoms with Crippen LogP contribution in [-0.4, -0.2) is 39.1 Å². The highest BCUT2D eigenvalue weighted by Gasteiger charge is 2.23. The number of aromatic nitrogens is 1. The second-order valence-corrected chi connectivity index (χ2v) is 3.63. The predicted octanol–water partition coefficient (Wildman–Crippen LogP) is 0.326. The Hall–Kier alpha value is -2.02. The maximum Gasteiger partial charge on any atom is 0.326 e. The Morgan fingerprint density at radius 2 is 2.06 bits per heavy atom. The fourth-order valence-corrected chi connectivity index (χ4v) is 1.27. The Morgan fingerprint density at radius 3 is 2.47 bits per heavy atom. The molecule has 17 heavy (non-hydrogen) atoms. The molecule has 0 radical (unpaired) electrons. The quantitative estimate of drug-likeness (QED) is 0.608. The number of hydrogen-bond donors (Lipinski definition) is 4. The van der Waals surface area contributed by atoms with Gasteiger partial charge in [-0.3, -0.25) is 9.59 Å². The van der Waals surface area contributed by atoms with E-state index in [1.54, 1.807) is 0 Å². The first-order chi connectivity index (χ1) is 7.90. The lowest BCUT2D eigenvalue weighted by Gasteiger charge is -2.11. The summed E-state index contributed by atoms with van der Waals surface area (Å²) >= 11 is 5.57. The van der Waals surface area contributed by atoms with Gasteiger partial charge in [0.15, 0.2) is 0 Å². The molecule has 8 heteroatoms. The summed E-state index contributed by atoms with van der Waals surface area (Å²) in [6.07, 6.45) is 0.652. The van der Waals surface area contributed by atoms with Crippen LogP contribution in [0.4, 0.5) is 0 Å². The smallest absolute Gasteiger partial charge is 0.326 e. The Labute approximate surface area is 100 Å². The molecular formula is C9H9ClN2O5. The first-order valence-corrected chi connectivity index (χ1v) is 4.87. The molecular weight excluding hydrogens is 252 g/mol. The van der Waals surface area contributed by atoms with Gasteiger partial charge in [0, 0.05) is 6.20 Å². The molecule has 0 spiro atoms. The van der Waals surface area contributed by atoms with E-state index in [-0.39, 0.29) is 5.69 Å². The number of nitrogens with one attached hydrogen (secondary N) is 2. The number of aromatic amines is 1. The molecule has 0 fully saturated rings. The number of carbonyl (C=O) groups is 3. The molecule has 4 N–H and O–H groups in total. The van der Waals surface area contributed by atoms with Gasteiger partial charge in [0.2, 0.25) is 0 Å². The van der Waals surface area contributed by atoms with E-state index in [1.807, 2.05) is 0 Å². The van der Waals surface area contributed by atoms with Crippen LogP contribution in [0.15, 0.2) is 12.3 Å². The zero-order chi connectivity index (χ0) is 13.0. The maximum absolute atomic E-state index is 11.5. The number of H-pyrrole nitrogens is 1. The van der Waals surface area contributed by atoms with Gasteiger partial charge in [-0.05, 0) is 6.07 Å². The lowest BCUT2D eigenvalue weighted by atomic mass is 10.2. The molecule has 0 aliphatic carbocycles. The molecule has 1 atom stereocenters. The van der Waals surface area contributed by atoms with Crippen molar-refractivity contribution in [3.63, 3.8) is 0 Å². The number of aliphatic carboxylic acids is 2. The molecule has 0 saturated heterocycles. The number of halogens is 1. The summed E-state index contributed by atoms with van der Waals surface area (Å²) in [4.78, 5) is 35.1. The van der Waals surface area contributed by atoms with Crippen LogP contribution in [0, 0.1) is 0 Å². The van der Waals surface area contributed by atoms with Crippen molar-refractivity contribution in [1.82, 2.24) is 10.3 Å². The number of rotatable bonds is 5. The lowest BCUT2D eigenvalue weighted by molar-refractivity contribution is -0.145. The van der Waals surface area contributed by atoms with Gasteiger partial charge in [-0.1, -0.05) is 11.6 Å². The number of carboxylic acid groups (broad SMARTS) is 2. The molecule has 0 unspecified atom stereocenters. The third kappa shape index (κ3) is 3.80. The molecule has 1 amide bonds. The largest absolute Gasteiger partial charge is 0.481 e. The fraction of sp³-hybridized carbons (Fsp3) is 0.222. The normalized spacial score (nSPS) is 11.8. The van der Waals surface area contributed by atoms with Gasteiger partial charge in [0.1, 0.15) is 11.7 Å². The predicted molar refractivity (Wildman–Crippen MR) is 56.9 cm³/mol. The van der Waals surface area contributed by atoms with E-state index < -0.39 is 30.3 Å². The molecule has 0 aromatic carbocycles. The molecule has 0 saturated carbocycles. The van der Waals surface area contributed by atoms with Gasteiger partial charge < -0.3 is 20.5 Å². The minimum Gasteiger partial charge on any atom is -0.481 e. The lowest BCUT2D eigenvalue weighted by Crippen LogP contribution is -2.42. The summed E-state index contributed by atoms with van der Waals surface area (Å²) in [7, 11) is 0. The van der Waals surface area contributed by atoms with E-state index in [1.165, 1.54) is 12.3 Å². The van der Waals surface area contributed by atoms with Gasteiger partial charge in [-0.2, -0.15) is 0 Å². The average Bonchev–Trinajstić information content (AvgIpc) is 2.63. The average molecular weight is 261 g/mol. The van der Waals surface area contributed by atoms with Gasteiger partial charge >= 0.3 is 11.9 Å². The zero-order valence-electron chi connectivity index (χ0n) is 8.44. The zero-order valence-corrected chi connectivity index (χ0v) is 9.19. The maximum atomic E-state index is 11.5. The summed E-state index contributed by atoms with van der Waals surface area (Å²) in [5.74, 6) is -3.47. The molecule has 1 heterocycles. The summed E-state index contributed by atoms with van der Waals surface area (Å²) in [5.41, 5.74) is 0.0617. The molecule has 1 rings (SSSR count). The first-order valence-electron chi connectivity index (χ1n) is 4.49. The summed E-state index contributed by atoms with van der Waals surface area (Å²) in [6.45, 7) is 0. The number of amides is 1. The van der Waals surface area contributed by atoms with Crippen molar-refractivity contribution in [2.24, 2.45) is 0 Å². The monoisotopic (exact) mass is 260 g/mol. The van der Waals surface area contributed by atoms with E-state index in [0.717, 1.165) is 0 Å². The van der Waals surface area contributed by atoms with Crippen LogP contribution in [0.2, 0.25) is 5.02 Å². The van der Waals surface area contributed by atoms with E-state index >= 15 is 0 Å². The van der Waals surface area contributed by atoms with Crippen molar-refractivity contribution >= 4 is 29.4 Å². The van der Waals surface area contributed by atoms with E-state index in [4.69, 9.17) is 21.8 Å². The summed E-state index contributed by atoms with van der Waals surface area (Å²) in [5, 5.41) is 19.5. The summed E-state index contributed by atoms with van der Waals surface area (Å²) in [6, 6.07) is -0.182. The Balaban J connectivity index is 2.70. The Kier molecular flexibility index (Phi) is 4.11. The van der Waals surface area contributed by atoms with Crippen molar-refractivity contribution in [3.8, 4) is 0 Å². The van der Waals surface area contributed by atoms with E-state index in [9.17, 15) is 14.4 Å². The SMILES string of the molecule is O=C(O)C[C@@H](NC(=O)c1cc(Cl)c[nH]1)C(=O)O. The first kappa shape index (κ1) is 13.0. The third-order valence-corrected chi connectivity index (χ3v) is 2.09. The highest BCUT2D eigenvalue weighted by Crippen LogP contribution is 2.09. The highest BCUT2D eigenvalue weighted by molar-refractivity contribution is 6.31. The van der Waals surface area contributed by atoms with Gasteiger partial charge in [-0.25, -0.2) is 4.79 Å². The number of carbonyl (C=O) groups excluding carboxylic acids is 1. The molecule has 1 aromatic rings. The minimum absolute atomic E-state index is 0.0617. The number of carboxylic acids is 2. The van der Waals surface area contributed by atoms with Crippen molar-refractivity contribution in [3.05, 3.63) is 23.0 Å². The third-order valence-electron chi connectivity index (χ3n) is 1.87. The standard InChI is InChI=1S/C9H9ClN2O5/c10-4-1-5(11-3-4)8(15)12-6(9(16)17)2-7(13)14/h1,3,6,11H,2H2,(H,12,15)(H,13,14)(H,16,17)/t6-/m1/s1. The topological polar surface area (TPSA) is 119 Å². The van der Waals surface area contributed by atoms with Crippen molar-refractivity contribution < 1.29 is 24.6 Å².